The van der Waals surface area contributed by atoms with Crippen molar-refractivity contribution in [3.05, 3.63) is 35.9 Å². The molecule has 2 nitrogen and oxygen atoms in total. The highest BCUT2D eigenvalue weighted by molar-refractivity contribution is 6.17. The predicted octanol–water partition coefficient (Wildman–Crippen LogP) is 2.93. The molecule has 92 valence electrons. The molecule has 1 fully saturated rings. The van der Waals surface area contributed by atoms with Crippen LogP contribution >= 0.6 is 11.6 Å². The zero-order valence-corrected chi connectivity index (χ0v) is 10.6. The molecule has 17 heavy (non-hydrogen) atoms. The fraction of sp³-hybridized carbons (Fsp3) is 0.500. The minimum atomic E-state index is 0.188. The molecule has 0 bridgehead atoms. The summed E-state index contributed by atoms with van der Waals surface area (Å²) in [7, 11) is 0. The lowest BCUT2D eigenvalue weighted by Gasteiger charge is -2.04. The number of amides is 1. The minimum Gasteiger partial charge on any atom is -0.356 e. The van der Waals surface area contributed by atoms with Crippen LogP contribution in [0.15, 0.2) is 30.3 Å². The van der Waals surface area contributed by atoms with Gasteiger partial charge in [0, 0.05) is 18.3 Å². The average molecular weight is 252 g/mol. The second kappa shape index (κ2) is 6.06. The van der Waals surface area contributed by atoms with Gasteiger partial charge in [0.2, 0.25) is 5.91 Å². The first-order chi connectivity index (χ1) is 8.33. The molecule has 1 amide bonds. The van der Waals surface area contributed by atoms with E-state index in [4.69, 9.17) is 11.6 Å². The van der Waals surface area contributed by atoms with Gasteiger partial charge in [0.1, 0.15) is 0 Å². The van der Waals surface area contributed by atoms with Crippen LogP contribution in [0, 0.1) is 5.92 Å². The van der Waals surface area contributed by atoms with Crippen LogP contribution in [0.25, 0.3) is 0 Å². The number of halogens is 1. The Bertz CT molecular complexity index is 366. The van der Waals surface area contributed by atoms with E-state index in [1.54, 1.807) is 0 Å². The lowest BCUT2D eigenvalue weighted by Crippen LogP contribution is -2.26. The zero-order valence-electron chi connectivity index (χ0n) is 9.86. The molecule has 2 atom stereocenters. The molecule has 0 aromatic heterocycles. The Morgan fingerprint density at radius 3 is 2.76 bits per heavy atom. The van der Waals surface area contributed by atoms with Crippen molar-refractivity contribution in [1.29, 1.82) is 0 Å². The maximum atomic E-state index is 11.8. The van der Waals surface area contributed by atoms with Crippen LogP contribution in [0.2, 0.25) is 0 Å². The van der Waals surface area contributed by atoms with Crippen molar-refractivity contribution in [2.45, 2.75) is 25.2 Å². The standard InChI is InChI=1S/C14H18ClNO/c15-8-4-5-9-16-14(17)13-10-12(13)11-6-2-1-3-7-11/h1-3,6-7,12-13H,4-5,8-10H2,(H,16,17). The number of alkyl halides is 1. The fourth-order valence-corrected chi connectivity index (χ4v) is 2.30. The third kappa shape index (κ3) is 3.47. The highest BCUT2D eigenvalue weighted by Gasteiger charge is 2.43. The zero-order chi connectivity index (χ0) is 12.1. The monoisotopic (exact) mass is 251 g/mol. The average Bonchev–Trinajstić information content (AvgIpc) is 3.16. The highest BCUT2D eigenvalue weighted by atomic mass is 35.5. The number of hydrogen-bond acceptors (Lipinski definition) is 1. The van der Waals surface area contributed by atoms with Crippen LogP contribution in [0.4, 0.5) is 0 Å². The summed E-state index contributed by atoms with van der Waals surface area (Å²) in [5.74, 6) is 1.50. The van der Waals surface area contributed by atoms with Gasteiger partial charge in [0.15, 0.2) is 0 Å². The van der Waals surface area contributed by atoms with E-state index in [9.17, 15) is 4.79 Å². The topological polar surface area (TPSA) is 29.1 Å². The van der Waals surface area contributed by atoms with Crippen LogP contribution in [0.1, 0.15) is 30.7 Å². The Hall–Kier alpha value is -1.02. The SMILES string of the molecule is O=C(NCCCCCl)C1CC1c1ccccc1. The molecule has 0 heterocycles. The maximum Gasteiger partial charge on any atom is 0.223 e. The lowest BCUT2D eigenvalue weighted by molar-refractivity contribution is -0.122. The molecule has 1 saturated carbocycles. The smallest absolute Gasteiger partial charge is 0.223 e. The van der Waals surface area contributed by atoms with Gasteiger partial charge in [-0.25, -0.2) is 0 Å². The Morgan fingerprint density at radius 1 is 1.29 bits per heavy atom. The fourth-order valence-electron chi connectivity index (χ4n) is 2.12. The molecule has 0 radical (unpaired) electrons. The molecular formula is C14H18ClNO. The van der Waals surface area contributed by atoms with Crippen molar-refractivity contribution in [1.82, 2.24) is 5.32 Å². The summed E-state index contributed by atoms with van der Waals surface area (Å²) in [6.07, 6.45) is 2.93. The normalized spacial score (nSPS) is 22.2. The van der Waals surface area contributed by atoms with E-state index in [2.05, 4.69) is 17.4 Å². The largest absolute Gasteiger partial charge is 0.356 e. The van der Waals surface area contributed by atoms with E-state index in [-0.39, 0.29) is 11.8 Å². The quantitative estimate of drug-likeness (QED) is 0.611. The molecule has 2 unspecified atom stereocenters. The van der Waals surface area contributed by atoms with Crippen LogP contribution in [-0.2, 0) is 4.79 Å². The first-order valence-electron chi connectivity index (χ1n) is 6.21. The first kappa shape index (κ1) is 12.4. The molecule has 2 rings (SSSR count). The highest BCUT2D eigenvalue weighted by Crippen LogP contribution is 2.47. The number of unbranched alkanes of at least 4 members (excludes halogenated alkanes) is 1. The molecule has 0 spiro atoms. The predicted molar refractivity (Wildman–Crippen MR) is 70.3 cm³/mol. The van der Waals surface area contributed by atoms with Gasteiger partial charge in [-0.3, -0.25) is 4.79 Å². The number of rotatable bonds is 6. The minimum absolute atomic E-state index is 0.188. The summed E-state index contributed by atoms with van der Waals surface area (Å²) in [6.45, 7) is 0.754. The van der Waals surface area contributed by atoms with Gasteiger partial charge >= 0.3 is 0 Å². The summed E-state index contributed by atoms with van der Waals surface area (Å²) in [6, 6.07) is 10.3. The number of carbonyl (C=O) groups is 1. The number of hydrogen-bond donors (Lipinski definition) is 1. The molecule has 1 aliphatic rings. The van der Waals surface area contributed by atoms with E-state index in [1.165, 1.54) is 5.56 Å². The Balaban J connectivity index is 1.73. The Kier molecular flexibility index (Phi) is 4.43. The maximum absolute atomic E-state index is 11.8. The van der Waals surface area contributed by atoms with E-state index < -0.39 is 0 Å². The summed E-state index contributed by atoms with van der Waals surface area (Å²) < 4.78 is 0. The molecule has 0 aliphatic heterocycles. The lowest BCUT2D eigenvalue weighted by atomic mass is 10.1. The molecule has 1 aromatic carbocycles. The summed E-state index contributed by atoms with van der Waals surface area (Å²) in [5, 5.41) is 2.98. The summed E-state index contributed by atoms with van der Waals surface area (Å²) in [4.78, 5) is 11.8. The van der Waals surface area contributed by atoms with Gasteiger partial charge in [-0.1, -0.05) is 30.3 Å². The molecule has 3 heteroatoms. The van der Waals surface area contributed by atoms with Crippen LogP contribution in [0.5, 0.6) is 0 Å². The number of carbonyl (C=O) groups excluding carboxylic acids is 1. The van der Waals surface area contributed by atoms with Crippen molar-refractivity contribution in [3.63, 3.8) is 0 Å². The van der Waals surface area contributed by atoms with E-state index in [0.29, 0.717) is 11.8 Å². The Morgan fingerprint density at radius 2 is 2.06 bits per heavy atom. The molecule has 1 N–H and O–H groups in total. The molecular weight excluding hydrogens is 234 g/mol. The van der Waals surface area contributed by atoms with Gasteiger partial charge in [0.25, 0.3) is 0 Å². The van der Waals surface area contributed by atoms with Crippen LogP contribution in [-0.4, -0.2) is 18.3 Å². The van der Waals surface area contributed by atoms with Crippen LogP contribution in [0.3, 0.4) is 0 Å². The van der Waals surface area contributed by atoms with Gasteiger partial charge in [-0.05, 0) is 30.7 Å². The van der Waals surface area contributed by atoms with Crippen molar-refractivity contribution >= 4 is 17.5 Å². The van der Waals surface area contributed by atoms with Gasteiger partial charge in [-0.15, -0.1) is 11.6 Å². The molecule has 1 aromatic rings. The van der Waals surface area contributed by atoms with Crippen LogP contribution < -0.4 is 5.32 Å². The second-order valence-electron chi connectivity index (χ2n) is 4.55. The summed E-state index contributed by atoms with van der Waals surface area (Å²) >= 11 is 5.58. The van der Waals surface area contributed by atoms with Crippen molar-refractivity contribution in [2.24, 2.45) is 5.92 Å². The van der Waals surface area contributed by atoms with Crippen molar-refractivity contribution in [3.8, 4) is 0 Å². The third-order valence-corrected chi connectivity index (χ3v) is 3.48. The first-order valence-corrected chi connectivity index (χ1v) is 6.75. The van der Waals surface area contributed by atoms with Crippen molar-refractivity contribution < 1.29 is 4.79 Å². The molecule has 1 aliphatic carbocycles. The number of benzene rings is 1. The van der Waals surface area contributed by atoms with Gasteiger partial charge in [0.05, 0.1) is 0 Å². The third-order valence-electron chi connectivity index (χ3n) is 3.21. The Labute approximate surface area is 107 Å². The molecule has 0 saturated heterocycles. The van der Waals surface area contributed by atoms with E-state index in [1.807, 2.05) is 18.2 Å². The van der Waals surface area contributed by atoms with E-state index >= 15 is 0 Å². The van der Waals surface area contributed by atoms with Gasteiger partial charge < -0.3 is 5.32 Å². The van der Waals surface area contributed by atoms with Crippen molar-refractivity contribution in [2.75, 3.05) is 12.4 Å². The summed E-state index contributed by atoms with van der Waals surface area (Å²) in [5.41, 5.74) is 1.29. The second-order valence-corrected chi connectivity index (χ2v) is 4.92. The van der Waals surface area contributed by atoms with Gasteiger partial charge in [-0.2, -0.15) is 0 Å². The van der Waals surface area contributed by atoms with E-state index in [0.717, 1.165) is 25.8 Å². The number of nitrogens with one attached hydrogen (secondary N) is 1.